The lowest BCUT2D eigenvalue weighted by Gasteiger charge is -2.25. The molecule has 0 amide bonds. The van der Waals surface area contributed by atoms with Gasteiger partial charge in [0.05, 0.1) is 4.47 Å². The lowest BCUT2D eigenvalue weighted by atomic mass is 9.96. The van der Waals surface area contributed by atoms with Crippen LogP contribution in [0.15, 0.2) is 58.6 Å². The first-order chi connectivity index (χ1) is 13.2. The highest BCUT2D eigenvalue weighted by Gasteiger charge is 2.17. The zero-order valence-electron chi connectivity index (χ0n) is 15.2. The van der Waals surface area contributed by atoms with Gasteiger partial charge in [-0.05, 0) is 46.0 Å². The molecule has 27 heavy (non-hydrogen) atoms. The Balaban J connectivity index is 1.58. The van der Waals surface area contributed by atoms with Crippen LogP contribution in [0.25, 0.3) is 0 Å². The van der Waals surface area contributed by atoms with Crippen LogP contribution in [0.5, 0.6) is 11.5 Å². The van der Waals surface area contributed by atoms with Gasteiger partial charge >= 0.3 is 0 Å². The van der Waals surface area contributed by atoms with Crippen molar-refractivity contribution in [2.24, 2.45) is 0 Å². The Morgan fingerprint density at radius 2 is 1.96 bits per heavy atom. The van der Waals surface area contributed by atoms with Gasteiger partial charge in [0.1, 0.15) is 12.4 Å². The van der Waals surface area contributed by atoms with Crippen molar-refractivity contribution in [2.45, 2.75) is 18.9 Å². The number of methoxy groups -OCH3 is 1. The molecule has 1 aliphatic heterocycles. The van der Waals surface area contributed by atoms with Gasteiger partial charge in [0.2, 0.25) is 0 Å². The van der Waals surface area contributed by atoms with Crippen molar-refractivity contribution in [1.29, 1.82) is 0 Å². The first-order valence-corrected chi connectivity index (χ1v) is 9.64. The fourth-order valence-corrected chi connectivity index (χ4v) is 3.46. The minimum absolute atomic E-state index is 0.0179. The maximum absolute atomic E-state index is 13.9. The molecule has 0 aliphatic carbocycles. The van der Waals surface area contributed by atoms with Gasteiger partial charge in [-0.25, -0.2) is 4.39 Å². The largest absolute Gasteiger partial charge is 0.488 e. The van der Waals surface area contributed by atoms with Gasteiger partial charge in [0.15, 0.2) is 18.4 Å². The van der Waals surface area contributed by atoms with Crippen molar-refractivity contribution in [3.8, 4) is 11.5 Å². The van der Waals surface area contributed by atoms with E-state index in [4.69, 9.17) is 14.2 Å². The third kappa shape index (κ3) is 5.79. The fraction of sp³-hybridized carbons (Fsp3) is 0.333. The second-order valence-corrected chi connectivity index (χ2v) is 7.27. The Bertz CT molecular complexity index is 782. The maximum atomic E-state index is 13.9. The van der Waals surface area contributed by atoms with Crippen molar-refractivity contribution >= 4 is 15.9 Å². The zero-order chi connectivity index (χ0) is 19.1. The summed E-state index contributed by atoms with van der Waals surface area (Å²) >= 11 is 3.35. The number of benzene rings is 2. The molecule has 1 unspecified atom stereocenters. The molecule has 1 aliphatic rings. The molecule has 4 nitrogen and oxygen atoms in total. The summed E-state index contributed by atoms with van der Waals surface area (Å²) in [6.45, 7) is 1.26. The molecule has 1 heterocycles. The summed E-state index contributed by atoms with van der Waals surface area (Å²) in [5, 5.41) is 3.52. The van der Waals surface area contributed by atoms with E-state index in [1.807, 2.05) is 6.07 Å². The summed E-state index contributed by atoms with van der Waals surface area (Å²) in [5.74, 6) is 0.188. The predicted molar refractivity (Wildman–Crippen MR) is 107 cm³/mol. The number of ether oxygens (including phenoxy) is 3. The van der Waals surface area contributed by atoms with Crippen LogP contribution in [0, 0.1) is 5.82 Å². The fourth-order valence-electron chi connectivity index (χ4n) is 3.03. The van der Waals surface area contributed by atoms with E-state index in [2.05, 4.69) is 51.6 Å². The highest BCUT2D eigenvalue weighted by Crippen LogP contribution is 2.32. The molecule has 2 aromatic rings. The van der Waals surface area contributed by atoms with Gasteiger partial charge in [0, 0.05) is 25.8 Å². The average Bonchev–Trinajstić information content (AvgIpc) is 2.68. The van der Waals surface area contributed by atoms with E-state index < -0.39 is 5.82 Å². The Morgan fingerprint density at radius 3 is 2.74 bits per heavy atom. The van der Waals surface area contributed by atoms with Gasteiger partial charge in [-0.1, -0.05) is 36.4 Å². The summed E-state index contributed by atoms with van der Waals surface area (Å²) in [5.41, 5.74) is 2.55. The molecule has 1 atom stereocenters. The van der Waals surface area contributed by atoms with Crippen molar-refractivity contribution in [3.63, 3.8) is 0 Å². The summed E-state index contributed by atoms with van der Waals surface area (Å²) in [4.78, 5) is 0. The first kappa shape index (κ1) is 19.9. The summed E-state index contributed by atoms with van der Waals surface area (Å²) in [6.07, 6.45) is 4.05. The van der Waals surface area contributed by atoms with Crippen LogP contribution in [0.4, 0.5) is 4.39 Å². The van der Waals surface area contributed by atoms with Crippen LogP contribution in [-0.4, -0.2) is 33.1 Å². The lowest BCUT2D eigenvalue weighted by Crippen LogP contribution is -2.35. The Hall–Kier alpha value is -1.89. The molecule has 0 saturated heterocycles. The summed E-state index contributed by atoms with van der Waals surface area (Å²) < 4.78 is 30.5. The highest BCUT2D eigenvalue weighted by atomic mass is 79.9. The van der Waals surface area contributed by atoms with Crippen LogP contribution in [-0.2, 0) is 11.2 Å². The van der Waals surface area contributed by atoms with E-state index in [1.54, 1.807) is 6.07 Å². The average molecular weight is 436 g/mol. The van der Waals surface area contributed by atoms with Gasteiger partial charge in [-0.3, -0.25) is 0 Å². The molecule has 0 radical (unpaired) electrons. The van der Waals surface area contributed by atoms with Crippen molar-refractivity contribution in [1.82, 2.24) is 5.32 Å². The van der Waals surface area contributed by atoms with Crippen LogP contribution < -0.4 is 14.8 Å². The molecule has 0 bridgehead atoms. The Labute approximate surface area is 167 Å². The van der Waals surface area contributed by atoms with E-state index in [9.17, 15) is 4.39 Å². The van der Waals surface area contributed by atoms with Crippen molar-refractivity contribution in [3.05, 3.63) is 70.0 Å². The van der Waals surface area contributed by atoms with Gasteiger partial charge in [0.25, 0.3) is 0 Å². The third-order valence-electron chi connectivity index (χ3n) is 4.36. The third-order valence-corrected chi connectivity index (χ3v) is 4.98. The van der Waals surface area contributed by atoms with Gasteiger partial charge in [-0.2, -0.15) is 0 Å². The van der Waals surface area contributed by atoms with E-state index in [1.165, 1.54) is 24.3 Å². The summed E-state index contributed by atoms with van der Waals surface area (Å²) in [6, 6.07) is 13.7. The number of hydrogen-bond donors (Lipinski definition) is 1. The van der Waals surface area contributed by atoms with E-state index >= 15 is 0 Å². The van der Waals surface area contributed by atoms with Crippen LogP contribution in [0.1, 0.15) is 12.0 Å². The quantitative estimate of drug-likeness (QED) is 0.490. The van der Waals surface area contributed by atoms with E-state index in [-0.39, 0.29) is 12.5 Å². The monoisotopic (exact) mass is 435 g/mol. The summed E-state index contributed by atoms with van der Waals surface area (Å²) in [7, 11) is 1.49. The zero-order valence-corrected chi connectivity index (χ0v) is 16.8. The smallest absolute Gasteiger partial charge is 0.188 e. The molecular weight excluding hydrogens is 413 g/mol. The first-order valence-electron chi connectivity index (χ1n) is 8.84. The lowest BCUT2D eigenvalue weighted by molar-refractivity contribution is 0.0481. The van der Waals surface area contributed by atoms with Crippen molar-refractivity contribution in [2.75, 3.05) is 27.1 Å². The van der Waals surface area contributed by atoms with E-state index in [0.29, 0.717) is 22.9 Å². The number of halogens is 2. The second kappa shape index (κ2) is 9.88. The SMILES string of the molecule is COCOc1cc(OCC2=CCNC(Cc3ccccc3)C2)c(Br)cc1F. The Morgan fingerprint density at radius 1 is 1.15 bits per heavy atom. The predicted octanol–water partition coefficient (Wildman–Crippen LogP) is 4.48. The molecule has 1 N–H and O–H groups in total. The standard InChI is InChI=1S/C21H23BrFNO3/c1-25-14-27-21-12-20(18(22)11-19(21)23)26-13-16-7-8-24-17(10-16)9-15-5-3-2-4-6-15/h2-7,11-12,17,24H,8-10,13-14H2,1H3. The highest BCUT2D eigenvalue weighted by molar-refractivity contribution is 9.10. The molecule has 144 valence electrons. The molecule has 0 fully saturated rings. The van der Waals surface area contributed by atoms with Crippen LogP contribution >= 0.6 is 15.9 Å². The molecule has 0 aromatic heterocycles. The molecule has 0 saturated carbocycles. The molecule has 3 rings (SSSR count). The minimum Gasteiger partial charge on any atom is -0.488 e. The topological polar surface area (TPSA) is 39.7 Å². The maximum Gasteiger partial charge on any atom is 0.188 e. The van der Waals surface area contributed by atoms with Crippen LogP contribution in [0.3, 0.4) is 0 Å². The number of nitrogens with one attached hydrogen (secondary N) is 1. The van der Waals surface area contributed by atoms with E-state index in [0.717, 1.165) is 19.4 Å². The van der Waals surface area contributed by atoms with Gasteiger partial charge < -0.3 is 19.5 Å². The molecule has 2 aromatic carbocycles. The Kier molecular flexibility index (Phi) is 7.26. The molecular formula is C21H23BrFNO3. The van der Waals surface area contributed by atoms with Crippen LogP contribution in [0.2, 0.25) is 0 Å². The second-order valence-electron chi connectivity index (χ2n) is 6.41. The minimum atomic E-state index is -0.463. The van der Waals surface area contributed by atoms with Crippen molar-refractivity contribution < 1.29 is 18.6 Å². The number of hydrogen-bond acceptors (Lipinski definition) is 4. The number of rotatable bonds is 8. The molecule has 0 spiro atoms. The molecule has 6 heteroatoms. The van der Waals surface area contributed by atoms with Gasteiger partial charge in [-0.15, -0.1) is 0 Å². The normalized spacial score (nSPS) is 16.7.